The number of rotatable bonds is 4. The van der Waals surface area contributed by atoms with Crippen LogP contribution in [0.15, 0.2) is 57.3 Å². The second kappa shape index (κ2) is 8.00. The highest BCUT2D eigenvalue weighted by Gasteiger charge is 2.30. The number of amides is 2. The molecule has 1 atom stereocenters. The number of anilines is 1. The molecule has 1 fully saturated rings. The molecule has 0 unspecified atom stereocenters. The smallest absolute Gasteiger partial charge is 0.238 e. The first-order valence-corrected chi connectivity index (χ1v) is 8.53. The fourth-order valence-electron chi connectivity index (χ4n) is 2.00. The van der Waals surface area contributed by atoms with Crippen molar-refractivity contribution in [1.29, 1.82) is 0 Å². The summed E-state index contributed by atoms with van der Waals surface area (Å²) < 4.78 is 5.09. The van der Waals surface area contributed by atoms with Crippen LogP contribution in [0, 0.1) is 0 Å². The van der Waals surface area contributed by atoms with Gasteiger partial charge in [0.25, 0.3) is 0 Å². The fourth-order valence-corrected chi connectivity index (χ4v) is 3.06. The first kappa shape index (κ1) is 17.2. The van der Waals surface area contributed by atoms with Crippen molar-refractivity contribution >= 4 is 52.2 Å². The SMILES string of the molecule is O=C1C[C@@H](C(=O)Nc2ccc(Cl)cc2)SC(=N/N=C/c2ccco2)N1. The average molecular weight is 377 g/mol. The Balaban J connectivity index is 1.64. The van der Waals surface area contributed by atoms with Gasteiger partial charge in [-0.25, -0.2) is 0 Å². The number of carbonyl (C=O) groups is 2. The van der Waals surface area contributed by atoms with Crippen molar-refractivity contribution in [3.8, 4) is 0 Å². The van der Waals surface area contributed by atoms with E-state index in [-0.39, 0.29) is 23.4 Å². The molecule has 128 valence electrons. The van der Waals surface area contributed by atoms with E-state index < -0.39 is 5.25 Å². The molecule has 0 bridgehead atoms. The van der Waals surface area contributed by atoms with Crippen LogP contribution >= 0.6 is 23.4 Å². The zero-order valence-corrected chi connectivity index (χ0v) is 14.4. The molecular weight excluding hydrogens is 364 g/mol. The summed E-state index contributed by atoms with van der Waals surface area (Å²) in [6.45, 7) is 0. The topological polar surface area (TPSA) is 96.1 Å². The molecule has 2 amide bonds. The summed E-state index contributed by atoms with van der Waals surface area (Å²) in [5.41, 5.74) is 0.607. The van der Waals surface area contributed by atoms with Crippen molar-refractivity contribution in [2.75, 3.05) is 5.32 Å². The fraction of sp³-hybridized carbons (Fsp3) is 0.125. The second-order valence-electron chi connectivity index (χ2n) is 5.02. The largest absolute Gasteiger partial charge is 0.463 e. The van der Waals surface area contributed by atoms with Gasteiger partial charge in [0.05, 0.1) is 12.5 Å². The Kier molecular flexibility index (Phi) is 5.52. The average Bonchev–Trinajstić information content (AvgIpc) is 3.10. The van der Waals surface area contributed by atoms with Gasteiger partial charge in [-0.2, -0.15) is 5.10 Å². The zero-order chi connectivity index (χ0) is 17.6. The van der Waals surface area contributed by atoms with E-state index in [2.05, 4.69) is 20.8 Å². The Morgan fingerprint density at radius 2 is 2.16 bits per heavy atom. The highest BCUT2D eigenvalue weighted by Crippen LogP contribution is 2.23. The van der Waals surface area contributed by atoms with Gasteiger partial charge in [0.15, 0.2) is 5.17 Å². The van der Waals surface area contributed by atoms with Crippen molar-refractivity contribution < 1.29 is 14.0 Å². The van der Waals surface area contributed by atoms with Crippen molar-refractivity contribution in [3.63, 3.8) is 0 Å². The molecule has 1 aromatic carbocycles. The van der Waals surface area contributed by atoms with Crippen molar-refractivity contribution in [2.45, 2.75) is 11.7 Å². The van der Waals surface area contributed by atoms with Crippen molar-refractivity contribution in [2.24, 2.45) is 10.2 Å². The number of amidine groups is 1. The highest BCUT2D eigenvalue weighted by molar-refractivity contribution is 8.15. The monoisotopic (exact) mass is 376 g/mol. The number of carbonyl (C=O) groups excluding carboxylic acids is 2. The predicted molar refractivity (Wildman–Crippen MR) is 98.0 cm³/mol. The summed E-state index contributed by atoms with van der Waals surface area (Å²) in [5, 5.41) is 13.3. The third-order valence-corrected chi connectivity index (χ3v) is 4.48. The van der Waals surface area contributed by atoms with Gasteiger partial charge in [-0.15, -0.1) is 5.10 Å². The van der Waals surface area contributed by atoms with Crippen LogP contribution in [0.25, 0.3) is 0 Å². The van der Waals surface area contributed by atoms with Crippen LogP contribution in [0.4, 0.5) is 5.69 Å². The van der Waals surface area contributed by atoms with Crippen molar-refractivity contribution in [3.05, 3.63) is 53.4 Å². The zero-order valence-electron chi connectivity index (χ0n) is 12.8. The highest BCUT2D eigenvalue weighted by atomic mass is 35.5. The standard InChI is InChI=1S/C16H13ClN4O3S/c17-10-3-5-11(6-4-10)19-15(23)13-8-14(22)20-16(25-13)21-18-9-12-2-1-7-24-12/h1-7,9,13H,8H2,(H,19,23)(H,20,21,22)/b18-9+/t13-/m0/s1. The minimum atomic E-state index is -0.595. The van der Waals surface area contributed by atoms with Crippen LogP contribution in [-0.2, 0) is 9.59 Å². The Morgan fingerprint density at radius 1 is 1.36 bits per heavy atom. The molecule has 1 aliphatic rings. The van der Waals surface area contributed by atoms with Gasteiger partial charge in [0.2, 0.25) is 11.8 Å². The van der Waals surface area contributed by atoms with Crippen LogP contribution in [0.1, 0.15) is 12.2 Å². The summed E-state index contributed by atoms with van der Waals surface area (Å²) in [7, 11) is 0. The number of furan rings is 1. The van der Waals surface area contributed by atoms with Gasteiger partial charge in [-0.3, -0.25) is 9.59 Å². The van der Waals surface area contributed by atoms with E-state index in [1.54, 1.807) is 36.4 Å². The lowest BCUT2D eigenvalue weighted by Crippen LogP contribution is -2.41. The molecule has 1 aliphatic heterocycles. The Hall–Kier alpha value is -2.58. The van der Waals surface area contributed by atoms with Crippen LogP contribution in [0.2, 0.25) is 5.02 Å². The van der Waals surface area contributed by atoms with Gasteiger partial charge in [-0.1, -0.05) is 23.4 Å². The van der Waals surface area contributed by atoms with E-state index in [0.717, 1.165) is 11.8 Å². The Bertz CT molecular complexity index is 818. The maximum Gasteiger partial charge on any atom is 0.238 e. The predicted octanol–water partition coefficient (Wildman–Crippen LogP) is 2.88. The van der Waals surface area contributed by atoms with Crippen LogP contribution in [0.3, 0.4) is 0 Å². The van der Waals surface area contributed by atoms with Crippen molar-refractivity contribution in [1.82, 2.24) is 5.32 Å². The quantitative estimate of drug-likeness (QED) is 0.633. The number of halogens is 1. The minimum absolute atomic E-state index is 0.0605. The molecule has 0 radical (unpaired) electrons. The lowest BCUT2D eigenvalue weighted by Gasteiger charge is -2.21. The molecule has 3 rings (SSSR count). The number of nitrogens with zero attached hydrogens (tertiary/aromatic N) is 2. The Morgan fingerprint density at radius 3 is 2.88 bits per heavy atom. The Labute approximate surface area is 152 Å². The van der Waals surface area contributed by atoms with Gasteiger partial charge in [-0.05, 0) is 36.4 Å². The molecule has 0 aliphatic carbocycles. The van der Waals surface area contributed by atoms with Crippen LogP contribution in [0.5, 0.6) is 0 Å². The number of hydrogen-bond acceptors (Lipinski definition) is 6. The lowest BCUT2D eigenvalue weighted by atomic mass is 10.2. The van der Waals surface area contributed by atoms with E-state index in [1.165, 1.54) is 12.5 Å². The van der Waals surface area contributed by atoms with E-state index in [1.807, 2.05) is 0 Å². The summed E-state index contributed by atoms with van der Waals surface area (Å²) in [6, 6.07) is 10.2. The summed E-state index contributed by atoms with van der Waals surface area (Å²) >= 11 is 6.95. The second-order valence-corrected chi connectivity index (χ2v) is 6.65. The van der Waals surface area contributed by atoms with Gasteiger partial charge < -0.3 is 15.1 Å². The summed E-state index contributed by atoms with van der Waals surface area (Å²) in [6.07, 6.45) is 2.99. The van der Waals surface area contributed by atoms with Gasteiger partial charge in [0, 0.05) is 17.1 Å². The maximum absolute atomic E-state index is 12.4. The first-order valence-electron chi connectivity index (χ1n) is 7.27. The number of hydrogen-bond donors (Lipinski definition) is 2. The number of thioether (sulfide) groups is 1. The first-order chi connectivity index (χ1) is 12.1. The van der Waals surface area contributed by atoms with Gasteiger partial charge in [0.1, 0.15) is 11.0 Å². The van der Waals surface area contributed by atoms with E-state index in [9.17, 15) is 9.59 Å². The molecule has 1 saturated heterocycles. The number of benzene rings is 1. The van der Waals surface area contributed by atoms with E-state index in [0.29, 0.717) is 16.5 Å². The summed E-state index contributed by atoms with van der Waals surface area (Å²) in [5.74, 6) is -0.0413. The molecule has 2 heterocycles. The molecule has 2 aromatic rings. The van der Waals surface area contributed by atoms with E-state index in [4.69, 9.17) is 16.0 Å². The maximum atomic E-state index is 12.4. The molecule has 7 nitrogen and oxygen atoms in total. The molecule has 25 heavy (non-hydrogen) atoms. The van der Waals surface area contributed by atoms with Crippen LogP contribution in [-0.4, -0.2) is 28.4 Å². The molecule has 1 aromatic heterocycles. The van der Waals surface area contributed by atoms with Crippen LogP contribution < -0.4 is 10.6 Å². The normalized spacial score (nSPS) is 19.2. The molecule has 9 heteroatoms. The lowest BCUT2D eigenvalue weighted by molar-refractivity contribution is -0.123. The number of nitrogens with one attached hydrogen (secondary N) is 2. The third-order valence-electron chi connectivity index (χ3n) is 3.15. The molecule has 0 spiro atoms. The van der Waals surface area contributed by atoms with E-state index >= 15 is 0 Å². The minimum Gasteiger partial charge on any atom is -0.463 e. The third kappa shape index (κ3) is 4.94. The van der Waals surface area contributed by atoms with Gasteiger partial charge >= 0.3 is 0 Å². The molecule has 2 N–H and O–H groups in total. The summed E-state index contributed by atoms with van der Waals surface area (Å²) in [4.78, 5) is 24.2. The molecule has 0 saturated carbocycles. The molecular formula is C16H13ClN4O3S.